The summed E-state index contributed by atoms with van der Waals surface area (Å²) < 4.78 is 1.83. The van der Waals surface area contributed by atoms with Crippen LogP contribution in [-0.4, -0.2) is 15.5 Å². The molecule has 0 atom stereocenters. The van der Waals surface area contributed by atoms with Crippen molar-refractivity contribution in [1.29, 1.82) is 0 Å². The second-order valence-corrected chi connectivity index (χ2v) is 4.95. The van der Waals surface area contributed by atoms with Gasteiger partial charge in [0, 0.05) is 23.8 Å². The van der Waals surface area contributed by atoms with E-state index in [-0.39, 0.29) is 5.91 Å². The molecule has 2 aromatic rings. The third kappa shape index (κ3) is 2.70. The van der Waals surface area contributed by atoms with Crippen molar-refractivity contribution in [3.63, 3.8) is 0 Å². The van der Waals surface area contributed by atoms with Crippen LogP contribution in [0.25, 0.3) is 0 Å². The fourth-order valence-electron chi connectivity index (χ4n) is 1.72. The number of nitrogen functional groups attached to an aromatic ring is 1. The Bertz CT molecular complexity index is 558. The molecule has 0 bridgehead atoms. The van der Waals surface area contributed by atoms with Crippen molar-refractivity contribution in [2.24, 2.45) is 0 Å². The molecule has 2 aromatic heterocycles. The topological polar surface area (TPSA) is 72.9 Å². The van der Waals surface area contributed by atoms with E-state index in [0.29, 0.717) is 17.9 Å². The lowest BCUT2D eigenvalue weighted by molar-refractivity contribution is 0.0941. The van der Waals surface area contributed by atoms with E-state index < -0.39 is 0 Å². The zero-order valence-electron chi connectivity index (χ0n) is 10.4. The van der Waals surface area contributed by atoms with E-state index in [4.69, 9.17) is 5.73 Å². The highest BCUT2D eigenvalue weighted by Crippen LogP contribution is 2.12. The summed E-state index contributed by atoms with van der Waals surface area (Å²) in [6.45, 7) is 5.08. The summed E-state index contributed by atoms with van der Waals surface area (Å²) in [5.41, 5.74) is 7.86. The molecule has 0 aliphatic rings. The number of amides is 1. The number of nitrogens with two attached hydrogens (primary N) is 1. The quantitative estimate of drug-likeness (QED) is 0.884. The molecule has 18 heavy (non-hydrogen) atoms. The molecule has 0 spiro atoms. The molecule has 6 heteroatoms. The SMILES string of the molecule is CCn1cc(N)cc1C(=O)NCc1nc(C)cs1. The van der Waals surface area contributed by atoms with E-state index in [2.05, 4.69) is 10.3 Å². The number of carbonyl (C=O) groups excluding carboxylic acids is 1. The molecule has 3 N–H and O–H groups in total. The molecule has 96 valence electrons. The van der Waals surface area contributed by atoms with Gasteiger partial charge >= 0.3 is 0 Å². The number of anilines is 1. The second kappa shape index (κ2) is 5.22. The van der Waals surface area contributed by atoms with E-state index in [1.54, 1.807) is 23.6 Å². The third-order valence-electron chi connectivity index (χ3n) is 2.56. The van der Waals surface area contributed by atoms with E-state index in [1.165, 1.54) is 0 Å². The lowest BCUT2D eigenvalue weighted by Gasteiger charge is -2.06. The predicted octanol–water partition coefficient (Wildman–Crippen LogP) is 1.79. The van der Waals surface area contributed by atoms with Gasteiger partial charge in [-0.15, -0.1) is 11.3 Å². The Labute approximate surface area is 110 Å². The summed E-state index contributed by atoms with van der Waals surface area (Å²) >= 11 is 1.54. The van der Waals surface area contributed by atoms with Gasteiger partial charge in [0.05, 0.1) is 12.2 Å². The van der Waals surface area contributed by atoms with Crippen LogP contribution in [0.15, 0.2) is 17.6 Å². The molecule has 2 heterocycles. The highest BCUT2D eigenvalue weighted by Gasteiger charge is 2.12. The first-order valence-electron chi connectivity index (χ1n) is 5.75. The van der Waals surface area contributed by atoms with Crippen LogP contribution in [0, 0.1) is 6.92 Å². The number of nitrogens with one attached hydrogen (secondary N) is 1. The molecule has 0 radical (unpaired) electrons. The molecule has 0 aliphatic heterocycles. The maximum absolute atomic E-state index is 12.0. The highest BCUT2D eigenvalue weighted by atomic mass is 32.1. The number of rotatable bonds is 4. The van der Waals surface area contributed by atoms with E-state index in [9.17, 15) is 4.79 Å². The van der Waals surface area contributed by atoms with Crippen molar-refractivity contribution in [3.05, 3.63) is 34.0 Å². The zero-order chi connectivity index (χ0) is 13.1. The Balaban J connectivity index is 2.03. The summed E-state index contributed by atoms with van der Waals surface area (Å²) in [4.78, 5) is 16.3. The molecule has 1 amide bonds. The van der Waals surface area contributed by atoms with E-state index >= 15 is 0 Å². The van der Waals surface area contributed by atoms with Crippen LogP contribution in [-0.2, 0) is 13.1 Å². The fraction of sp³-hybridized carbons (Fsp3) is 0.333. The number of carbonyl (C=O) groups is 1. The van der Waals surface area contributed by atoms with Crippen molar-refractivity contribution in [3.8, 4) is 0 Å². The second-order valence-electron chi connectivity index (χ2n) is 4.01. The molecule has 0 aromatic carbocycles. The largest absolute Gasteiger partial charge is 0.397 e. The molecule has 0 fully saturated rings. The first-order valence-corrected chi connectivity index (χ1v) is 6.63. The molecule has 0 saturated heterocycles. The summed E-state index contributed by atoms with van der Waals surface area (Å²) in [7, 11) is 0. The molecular weight excluding hydrogens is 248 g/mol. The average Bonchev–Trinajstić information content (AvgIpc) is 2.92. The van der Waals surface area contributed by atoms with E-state index in [0.717, 1.165) is 17.2 Å². The molecule has 2 rings (SSSR count). The summed E-state index contributed by atoms with van der Waals surface area (Å²) in [5, 5.41) is 5.72. The molecule has 0 saturated carbocycles. The van der Waals surface area contributed by atoms with Gasteiger partial charge in [-0.25, -0.2) is 4.98 Å². The predicted molar refractivity (Wildman–Crippen MR) is 72.5 cm³/mol. The van der Waals surface area contributed by atoms with Gasteiger partial charge in [0.1, 0.15) is 10.7 Å². The number of aromatic nitrogens is 2. The molecule has 5 nitrogen and oxygen atoms in total. The van der Waals surface area contributed by atoms with Gasteiger partial charge in [0.2, 0.25) is 0 Å². The molecular formula is C12H16N4OS. The van der Waals surface area contributed by atoms with E-state index in [1.807, 2.05) is 23.8 Å². The van der Waals surface area contributed by atoms with Gasteiger partial charge in [-0.1, -0.05) is 0 Å². The van der Waals surface area contributed by atoms with Crippen molar-refractivity contribution in [2.45, 2.75) is 26.9 Å². The number of hydrogen-bond donors (Lipinski definition) is 2. The maximum Gasteiger partial charge on any atom is 0.268 e. The lowest BCUT2D eigenvalue weighted by Crippen LogP contribution is -2.25. The van der Waals surface area contributed by atoms with Crippen LogP contribution in [0.1, 0.15) is 28.1 Å². The zero-order valence-corrected chi connectivity index (χ0v) is 11.3. The Morgan fingerprint density at radius 2 is 2.39 bits per heavy atom. The fourth-order valence-corrected chi connectivity index (χ4v) is 2.43. The van der Waals surface area contributed by atoms with Crippen molar-refractivity contribution in [1.82, 2.24) is 14.9 Å². The average molecular weight is 264 g/mol. The molecule has 0 unspecified atom stereocenters. The standard InChI is InChI=1S/C12H16N4OS/c1-3-16-6-9(13)4-10(16)12(17)14-5-11-15-8(2)7-18-11/h4,6-7H,3,5,13H2,1-2H3,(H,14,17). The van der Waals surface area contributed by atoms with Crippen LogP contribution in [0.4, 0.5) is 5.69 Å². The number of nitrogens with zero attached hydrogens (tertiary/aromatic N) is 2. The Kier molecular flexibility index (Phi) is 3.66. The number of aryl methyl sites for hydroxylation is 2. The first kappa shape index (κ1) is 12.6. The number of thiazole rings is 1. The van der Waals surface area contributed by atoms with Crippen LogP contribution < -0.4 is 11.1 Å². The maximum atomic E-state index is 12.0. The van der Waals surface area contributed by atoms with Gasteiger partial charge in [0.15, 0.2) is 0 Å². The normalized spacial score (nSPS) is 10.6. The molecule has 0 aliphatic carbocycles. The first-order chi connectivity index (χ1) is 8.60. The van der Waals surface area contributed by atoms with Crippen molar-refractivity contribution >= 4 is 22.9 Å². The van der Waals surface area contributed by atoms with Crippen LogP contribution >= 0.6 is 11.3 Å². The van der Waals surface area contributed by atoms with Gasteiger partial charge in [-0.3, -0.25) is 4.79 Å². The van der Waals surface area contributed by atoms with Crippen molar-refractivity contribution < 1.29 is 4.79 Å². The van der Waals surface area contributed by atoms with Gasteiger partial charge in [-0.05, 0) is 19.9 Å². The van der Waals surface area contributed by atoms with Gasteiger partial charge in [-0.2, -0.15) is 0 Å². The Morgan fingerprint density at radius 3 is 3.00 bits per heavy atom. The van der Waals surface area contributed by atoms with Gasteiger partial charge < -0.3 is 15.6 Å². The lowest BCUT2D eigenvalue weighted by atomic mass is 10.4. The summed E-state index contributed by atoms with van der Waals surface area (Å²) in [5.74, 6) is -0.124. The summed E-state index contributed by atoms with van der Waals surface area (Å²) in [6, 6.07) is 1.69. The third-order valence-corrected chi connectivity index (χ3v) is 3.52. The van der Waals surface area contributed by atoms with Crippen LogP contribution in [0.5, 0.6) is 0 Å². The van der Waals surface area contributed by atoms with Gasteiger partial charge in [0.25, 0.3) is 5.91 Å². The smallest absolute Gasteiger partial charge is 0.268 e. The van der Waals surface area contributed by atoms with Crippen molar-refractivity contribution in [2.75, 3.05) is 5.73 Å². The minimum Gasteiger partial charge on any atom is -0.397 e. The van der Waals surface area contributed by atoms with Crippen LogP contribution in [0.3, 0.4) is 0 Å². The summed E-state index contributed by atoms with van der Waals surface area (Å²) in [6.07, 6.45) is 1.77. The minimum atomic E-state index is -0.124. The highest BCUT2D eigenvalue weighted by molar-refractivity contribution is 7.09. The Morgan fingerprint density at radius 1 is 1.61 bits per heavy atom. The Hall–Kier alpha value is -1.82. The minimum absolute atomic E-state index is 0.124. The van der Waals surface area contributed by atoms with Crippen LogP contribution in [0.2, 0.25) is 0 Å². The monoisotopic (exact) mass is 264 g/mol. The number of hydrogen-bond acceptors (Lipinski definition) is 4.